The number of pyridine rings is 1. The molecular formula is C20H13N5O4S. The molecule has 2 aromatic carbocycles. The van der Waals surface area contributed by atoms with E-state index in [2.05, 4.69) is 10.1 Å². The zero-order valence-electron chi connectivity index (χ0n) is 15.5. The van der Waals surface area contributed by atoms with Crippen LogP contribution in [0.1, 0.15) is 0 Å². The van der Waals surface area contributed by atoms with Gasteiger partial charge < -0.3 is 9.09 Å². The third kappa shape index (κ3) is 2.58. The lowest BCUT2D eigenvalue weighted by atomic mass is 10.1. The van der Waals surface area contributed by atoms with Gasteiger partial charge in [-0.3, -0.25) is 24.5 Å². The summed E-state index contributed by atoms with van der Waals surface area (Å²) in [7, 11) is 1.91. The largest absolute Gasteiger partial charge is 0.342 e. The molecule has 0 amide bonds. The van der Waals surface area contributed by atoms with E-state index < -0.39 is 4.92 Å². The lowest BCUT2D eigenvalue weighted by Gasteiger charge is -2.11. The van der Waals surface area contributed by atoms with Crippen molar-refractivity contribution in [2.75, 3.05) is 0 Å². The smallest absolute Gasteiger partial charge is 0.295 e. The fraction of sp³-hybridized carbons (Fsp3) is 0.0500. The van der Waals surface area contributed by atoms with Crippen LogP contribution >= 0.6 is 12.2 Å². The molecule has 0 atom stereocenters. The van der Waals surface area contributed by atoms with Crippen molar-refractivity contribution < 1.29 is 9.45 Å². The van der Waals surface area contributed by atoms with Gasteiger partial charge in [-0.1, -0.05) is 23.4 Å². The Morgan fingerprint density at radius 1 is 1.13 bits per heavy atom. The maximum Gasteiger partial charge on any atom is 0.295 e. The number of nitrogens with one attached hydrogen (secondary N) is 1. The first-order valence-electron chi connectivity index (χ1n) is 8.90. The van der Waals surface area contributed by atoms with Gasteiger partial charge in [0.15, 0.2) is 5.82 Å². The predicted molar refractivity (Wildman–Crippen MR) is 113 cm³/mol. The quantitative estimate of drug-likeness (QED) is 0.268. The fourth-order valence-corrected chi connectivity index (χ4v) is 3.83. The highest BCUT2D eigenvalue weighted by molar-refractivity contribution is 7.71. The van der Waals surface area contributed by atoms with Gasteiger partial charge in [0.1, 0.15) is 0 Å². The summed E-state index contributed by atoms with van der Waals surface area (Å²) < 4.78 is 8.45. The molecule has 0 saturated heterocycles. The molecule has 0 aliphatic carbocycles. The Morgan fingerprint density at radius 3 is 2.53 bits per heavy atom. The minimum atomic E-state index is -0.480. The van der Waals surface area contributed by atoms with Crippen LogP contribution in [0.2, 0.25) is 0 Å². The molecule has 3 heterocycles. The Bertz CT molecular complexity index is 1570. The Morgan fingerprint density at radius 2 is 1.87 bits per heavy atom. The Labute approximate surface area is 172 Å². The predicted octanol–water partition coefficient (Wildman–Crippen LogP) is 4.10. The number of hydrogen-bond donors (Lipinski definition) is 1. The van der Waals surface area contributed by atoms with E-state index in [9.17, 15) is 14.9 Å². The van der Waals surface area contributed by atoms with Gasteiger partial charge in [-0.2, -0.15) is 0 Å². The normalized spacial score (nSPS) is 11.4. The van der Waals surface area contributed by atoms with E-state index in [1.165, 1.54) is 16.7 Å². The van der Waals surface area contributed by atoms with Crippen LogP contribution < -0.4 is 5.56 Å². The summed E-state index contributed by atoms with van der Waals surface area (Å²) >= 11 is 4.95. The van der Waals surface area contributed by atoms with Crippen LogP contribution in [0.15, 0.2) is 63.9 Å². The zero-order valence-corrected chi connectivity index (χ0v) is 16.3. The van der Waals surface area contributed by atoms with Crippen molar-refractivity contribution in [3.05, 3.63) is 79.9 Å². The van der Waals surface area contributed by atoms with Gasteiger partial charge in [-0.15, -0.1) is 0 Å². The number of H-pyrrole nitrogens is 1. The number of fused-ring (bicyclic) bond motifs is 3. The van der Waals surface area contributed by atoms with Crippen molar-refractivity contribution in [1.29, 1.82) is 0 Å². The molecule has 148 valence electrons. The topological polar surface area (TPSA) is 112 Å². The van der Waals surface area contributed by atoms with Gasteiger partial charge in [0, 0.05) is 30.3 Å². The summed E-state index contributed by atoms with van der Waals surface area (Å²) in [6.07, 6.45) is 0. The highest BCUT2D eigenvalue weighted by Gasteiger charge is 2.20. The Hall–Kier alpha value is -4.05. The number of nitrogens with zero attached hydrogens (tertiary/aromatic N) is 4. The number of aromatic nitrogens is 4. The molecule has 0 fully saturated rings. The first-order valence-corrected chi connectivity index (χ1v) is 9.31. The second-order valence-corrected chi connectivity index (χ2v) is 7.10. The Balaban J connectivity index is 1.94. The molecule has 3 aromatic heterocycles. The molecule has 0 radical (unpaired) electrons. The molecule has 5 rings (SSSR count). The average molecular weight is 419 g/mol. The van der Waals surface area contributed by atoms with E-state index >= 15 is 0 Å². The van der Waals surface area contributed by atoms with Gasteiger partial charge in [0.05, 0.1) is 27.0 Å². The molecule has 1 N–H and O–H groups in total. The second kappa shape index (κ2) is 6.49. The summed E-state index contributed by atoms with van der Waals surface area (Å²) in [6.45, 7) is 0. The number of para-hydroxylation sites is 1. The van der Waals surface area contributed by atoms with Crippen LogP contribution in [-0.2, 0) is 7.05 Å². The van der Waals surface area contributed by atoms with E-state index in [-0.39, 0.29) is 27.5 Å². The van der Waals surface area contributed by atoms with Crippen LogP contribution in [0.3, 0.4) is 0 Å². The maximum atomic E-state index is 13.5. The number of rotatable bonds is 3. The van der Waals surface area contributed by atoms with Crippen molar-refractivity contribution in [2.24, 2.45) is 7.05 Å². The summed E-state index contributed by atoms with van der Waals surface area (Å²) in [6, 6.07) is 15.3. The Kier molecular flexibility index (Phi) is 3.90. The monoisotopic (exact) mass is 419 g/mol. The highest BCUT2D eigenvalue weighted by Crippen LogP contribution is 2.31. The van der Waals surface area contributed by atoms with E-state index in [0.717, 1.165) is 16.4 Å². The molecule has 0 unspecified atom stereocenters. The molecule has 0 aliphatic rings. The number of hydrogen-bond acceptors (Lipinski definition) is 6. The van der Waals surface area contributed by atoms with Crippen molar-refractivity contribution in [2.45, 2.75) is 0 Å². The molecule has 9 nitrogen and oxygen atoms in total. The maximum absolute atomic E-state index is 13.5. The molecule has 0 spiro atoms. The van der Waals surface area contributed by atoms with Gasteiger partial charge >= 0.3 is 0 Å². The van der Waals surface area contributed by atoms with E-state index in [4.69, 9.17) is 16.7 Å². The van der Waals surface area contributed by atoms with Crippen molar-refractivity contribution in [3.8, 4) is 17.1 Å². The van der Waals surface area contributed by atoms with Crippen LogP contribution in [0.5, 0.6) is 0 Å². The van der Waals surface area contributed by atoms with E-state index in [1.54, 1.807) is 18.2 Å². The third-order valence-electron chi connectivity index (χ3n) is 5.08. The summed E-state index contributed by atoms with van der Waals surface area (Å²) in [5.74, 6) is 0.216. The van der Waals surface area contributed by atoms with Crippen molar-refractivity contribution in [1.82, 2.24) is 19.3 Å². The fourth-order valence-electron chi connectivity index (χ4n) is 3.70. The highest BCUT2D eigenvalue weighted by atomic mass is 32.1. The first kappa shape index (κ1) is 18.0. The summed E-state index contributed by atoms with van der Waals surface area (Å²) in [5, 5.41) is 15.8. The van der Waals surface area contributed by atoms with E-state index in [0.29, 0.717) is 11.2 Å². The second-order valence-electron chi connectivity index (χ2n) is 6.73. The van der Waals surface area contributed by atoms with Crippen LogP contribution in [0.25, 0.3) is 39.0 Å². The van der Waals surface area contributed by atoms with Gasteiger partial charge in [0.25, 0.3) is 16.1 Å². The number of nitro benzene ring substituents is 1. The van der Waals surface area contributed by atoms with Gasteiger partial charge in [-0.05, 0) is 36.5 Å². The number of nitro groups is 1. The molecular weight excluding hydrogens is 406 g/mol. The van der Waals surface area contributed by atoms with Gasteiger partial charge in [0.2, 0.25) is 0 Å². The number of aryl methyl sites for hydroxylation is 1. The standard InChI is InChI=1S/C20H13N5O4S/c1-23-15-5-3-2-4-13(15)17-16(23)10-14(18-21-20(30)29-22-18)19(26)24(17)11-6-8-12(9-7-11)25(27)28/h2-10H,1H3,(H,21,22,30). The van der Waals surface area contributed by atoms with Crippen molar-refractivity contribution >= 4 is 39.8 Å². The van der Waals surface area contributed by atoms with Crippen molar-refractivity contribution in [3.63, 3.8) is 0 Å². The molecule has 0 saturated carbocycles. The minimum absolute atomic E-state index is 0.0577. The van der Waals surface area contributed by atoms with Gasteiger partial charge in [-0.25, -0.2) is 0 Å². The van der Waals surface area contributed by atoms with Crippen LogP contribution in [-0.4, -0.2) is 24.2 Å². The molecule has 30 heavy (non-hydrogen) atoms. The zero-order chi connectivity index (χ0) is 21.0. The van der Waals surface area contributed by atoms with E-state index in [1.807, 2.05) is 35.9 Å². The number of aromatic amines is 1. The molecule has 5 aromatic rings. The molecule has 10 heteroatoms. The summed E-state index contributed by atoms with van der Waals surface area (Å²) in [5.41, 5.74) is 2.77. The first-order chi connectivity index (χ1) is 14.5. The number of benzene rings is 2. The summed E-state index contributed by atoms with van der Waals surface area (Å²) in [4.78, 5) is 27.0. The molecule has 0 bridgehead atoms. The number of non-ortho nitro benzene ring substituents is 1. The lowest BCUT2D eigenvalue weighted by Crippen LogP contribution is -2.21. The van der Waals surface area contributed by atoms with Crippen LogP contribution in [0.4, 0.5) is 5.69 Å². The SMILES string of the molecule is Cn1c2ccccc2c2c1cc(-c1noc(=S)[nH]1)c(=O)n2-c1ccc([N+](=O)[O-])cc1. The average Bonchev–Trinajstić information content (AvgIpc) is 3.30. The third-order valence-corrected chi connectivity index (χ3v) is 5.25. The lowest BCUT2D eigenvalue weighted by molar-refractivity contribution is -0.384. The molecule has 0 aliphatic heterocycles. The van der Waals surface area contributed by atoms with Crippen LogP contribution in [0, 0.1) is 15.0 Å². The minimum Gasteiger partial charge on any atom is -0.342 e.